The van der Waals surface area contributed by atoms with Crippen LogP contribution in [0.15, 0.2) is 65.4 Å². The van der Waals surface area contributed by atoms with Gasteiger partial charge in [0, 0.05) is 25.5 Å². The van der Waals surface area contributed by atoms with Crippen LogP contribution in [0.5, 0.6) is 0 Å². The highest BCUT2D eigenvalue weighted by Gasteiger charge is 2.60. The van der Waals surface area contributed by atoms with Gasteiger partial charge in [0.25, 0.3) is 0 Å². The minimum atomic E-state index is -1.86. The summed E-state index contributed by atoms with van der Waals surface area (Å²) in [5.74, 6) is -2.70. The number of aromatic nitrogens is 1. The van der Waals surface area contributed by atoms with Crippen LogP contribution in [0.3, 0.4) is 0 Å². The van der Waals surface area contributed by atoms with E-state index in [1.54, 1.807) is 24.4 Å². The molecule has 250 valence electrons. The number of carbonyl (C=O) groups excluding carboxylic acids is 2. The van der Waals surface area contributed by atoms with Crippen LogP contribution in [0, 0.1) is 17.8 Å². The Kier molecular flexibility index (Phi) is 9.47. The lowest BCUT2D eigenvalue weighted by Gasteiger charge is -2.49. The molecule has 5 aliphatic rings. The normalized spacial score (nSPS) is 42.9. The number of esters is 2. The van der Waals surface area contributed by atoms with Crippen LogP contribution in [0.25, 0.3) is 0 Å². The molecule has 0 saturated carbocycles. The van der Waals surface area contributed by atoms with E-state index in [0.717, 1.165) is 12.8 Å². The molecule has 1 aromatic rings. The summed E-state index contributed by atoms with van der Waals surface area (Å²) in [6, 6.07) is 3.26. The van der Waals surface area contributed by atoms with Crippen molar-refractivity contribution in [3.8, 4) is 0 Å². The Labute approximate surface area is 270 Å². The average molecular weight is 638 g/mol. The van der Waals surface area contributed by atoms with Gasteiger partial charge in [-0.1, -0.05) is 49.8 Å². The molecule has 1 aliphatic carbocycles. The van der Waals surface area contributed by atoms with Gasteiger partial charge >= 0.3 is 11.9 Å². The van der Waals surface area contributed by atoms with Crippen molar-refractivity contribution in [2.45, 2.75) is 108 Å². The average Bonchev–Trinajstić information content (AvgIpc) is 3.66. The Morgan fingerprint density at radius 1 is 1.20 bits per heavy atom. The van der Waals surface area contributed by atoms with Gasteiger partial charge in [-0.15, -0.1) is 0 Å². The molecule has 3 fully saturated rings. The van der Waals surface area contributed by atoms with E-state index >= 15 is 0 Å². The number of ether oxygens (including phenoxy) is 5. The number of allylic oxidation sites excluding steroid dienone is 4. The van der Waals surface area contributed by atoms with Gasteiger partial charge in [-0.25, -0.2) is 4.79 Å². The first-order valence-electron chi connectivity index (χ1n) is 16.6. The SMILES string of the molecule is C/C1=C\C[C@@H]2C[C@@H](C[C@]3(CC[C@H](C)[C@@H](C)O3)O2)OC(=O)C2C=C(COC(=O)c3ccc[nH]3)[C@@H](O)C3OC/C(=C\C=C\[C@H](C)C1)[C@@]23O. The van der Waals surface area contributed by atoms with Crippen LogP contribution in [0.2, 0.25) is 0 Å². The molecule has 10 heteroatoms. The van der Waals surface area contributed by atoms with Crippen molar-refractivity contribution in [3.63, 3.8) is 0 Å². The standard InChI is InChI=1S/C36H47NO9/c1-21-7-5-8-26-20-42-32-31(38)25(19-43-34(40)30-9-6-14-37-30)16-29(36(26,32)41)33(39)44-28-17-27(11-10-22(2)15-21)46-35(18-28)13-12-23(3)24(4)45-35/h5-10,14,16,21,23-24,27-29,31-32,37-38,41H,11-13,15,17-20H2,1-4H3/b7-5+,22-10+,26-8+/t21-,23-,24+,27+,28-,29?,31+,32?,35-,36+/m0/s1. The first kappa shape index (κ1) is 32.9. The number of hydrogen-bond acceptors (Lipinski definition) is 9. The summed E-state index contributed by atoms with van der Waals surface area (Å²) in [5.41, 5.74) is 0.374. The molecular formula is C36H47NO9. The van der Waals surface area contributed by atoms with Gasteiger partial charge in [0.05, 0.1) is 18.8 Å². The molecule has 3 saturated heterocycles. The van der Waals surface area contributed by atoms with E-state index in [2.05, 4.69) is 44.8 Å². The molecule has 0 aromatic carbocycles. The number of aliphatic hydroxyl groups is 2. The Morgan fingerprint density at radius 2 is 2.02 bits per heavy atom. The second-order valence-corrected chi connectivity index (χ2v) is 13.9. The number of carbonyl (C=O) groups is 2. The van der Waals surface area contributed by atoms with E-state index in [1.165, 1.54) is 11.6 Å². The third kappa shape index (κ3) is 6.55. The fourth-order valence-corrected chi connectivity index (χ4v) is 7.58. The molecule has 3 N–H and O–H groups in total. The van der Waals surface area contributed by atoms with E-state index in [0.29, 0.717) is 37.2 Å². The van der Waals surface area contributed by atoms with Gasteiger partial charge in [0.2, 0.25) is 0 Å². The van der Waals surface area contributed by atoms with Crippen molar-refractivity contribution in [3.05, 3.63) is 71.1 Å². The molecule has 46 heavy (non-hydrogen) atoms. The largest absolute Gasteiger partial charge is 0.462 e. The summed E-state index contributed by atoms with van der Waals surface area (Å²) in [6.45, 7) is 8.22. The molecule has 5 heterocycles. The lowest BCUT2D eigenvalue weighted by Crippen LogP contribution is -2.58. The predicted molar refractivity (Wildman–Crippen MR) is 168 cm³/mol. The number of hydrogen-bond donors (Lipinski definition) is 3. The predicted octanol–water partition coefficient (Wildman–Crippen LogP) is 4.70. The van der Waals surface area contributed by atoms with Crippen molar-refractivity contribution >= 4 is 11.9 Å². The summed E-state index contributed by atoms with van der Waals surface area (Å²) in [5, 5.41) is 23.7. The van der Waals surface area contributed by atoms with Crippen molar-refractivity contribution in [1.29, 1.82) is 0 Å². The van der Waals surface area contributed by atoms with E-state index in [9.17, 15) is 19.8 Å². The minimum absolute atomic E-state index is 0.00422. The number of aliphatic hydroxyl groups excluding tert-OH is 1. The molecule has 2 bridgehead atoms. The molecule has 10 atom stereocenters. The zero-order valence-electron chi connectivity index (χ0n) is 27.1. The Hall–Kier alpha value is -3.02. The smallest absolute Gasteiger partial charge is 0.355 e. The summed E-state index contributed by atoms with van der Waals surface area (Å²) in [7, 11) is 0. The van der Waals surface area contributed by atoms with Crippen molar-refractivity contribution < 1.29 is 43.5 Å². The van der Waals surface area contributed by atoms with Crippen LogP contribution in [0.4, 0.5) is 0 Å². The molecule has 6 rings (SSSR count). The highest BCUT2D eigenvalue weighted by Crippen LogP contribution is 2.47. The topological polar surface area (TPSA) is 137 Å². The van der Waals surface area contributed by atoms with Gasteiger partial charge in [-0.3, -0.25) is 4.79 Å². The molecular weight excluding hydrogens is 590 g/mol. The summed E-state index contributed by atoms with van der Waals surface area (Å²) in [6.07, 6.45) is 11.9. The minimum Gasteiger partial charge on any atom is -0.462 e. The highest BCUT2D eigenvalue weighted by atomic mass is 16.7. The fourth-order valence-electron chi connectivity index (χ4n) is 7.58. The maximum atomic E-state index is 14.2. The first-order chi connectivity index (χ1) is 22.0. The fraction of sp³-hybridized carbons (Fsp3) is 0.611. The summed E-state index contributed by atoms with van der Waals surface area (Å²) < 4.78 is 30.9. The van der Waals surface area contributed by atoms with Gasteiger partial charge in [0.1, 0.15) is 42.1 Å². The van der Waals surface area contributed by atoms with Gasteiger partial charge < -0.3 is 38.9 Å². The molecule has 0 radical (unpaired) electrons. The van der Waals surface area contributed by atoms with E-state index in [-0.39, 0.29) is 42.6 Å². The molecule has 0 amide bonds. The van der Waals surface area contributed by atoms with Gasteiger partial charge in [0.15, 0.2) is 5.79 Å². The number of rotatable bonds is 3. The van der Waals surface area contributed by atoms with E-state index in [1.807, 2.05) is 6.08 Å². The lowest BCUT2D eigenvalue weighted by molar-refractivity contribution is -0.332. The zero-order valence-corrected chi connectivity index (χ0v) is 27.1. The second-order valence-electron chi connectivity index (χ2n) is 13.9. The van der Waals surface area contributed by atoms with Crippen LogP contribution in [-0.2, 0) is 28.5 Å². The molecule has 1 spiro atoms. The van der Waals surface area contributed by atoms with Crippen molar-refractivity contribution in [2.75, 3.05) is 13.2 Å². The Bertz CT molecular complexity index is 1410. The summed E-state index contributed by atoms with van der Waals surface area (Å²) in [4.78, 5) is 29.6. The molecule has 4 aliphatic heterocycles. The van der Waals surface area contributed by atoms with Crippen molar-refractivity contribution in [1.82, 2.24) is 4.98 Å². The van der Waals surface area contributed by atoms with E-state index in [4.69, 9.17) is 23.7 Å². The Morgan fingerprint density at radius 3 is 2.78 bits per heavy atom. The first-order valence-corrected chi connectivity index (χ1v) is 16.6. The number of nitrogens with one attached hydrogen (secondary N) is 1. The van der Waals surface area contributed by atoms with Crippen molar-refractivity contribution in [2.24, 2.45) is 17.8 Å². The number of fused-ring (bicyclic) bond motifs is 2. The number of aromatic amines is 1. The Balaban J connectivity index is 1.34. The van der Waals surface area contributed by atoms with Crippen LogP contribution in [0.1, 0.15) is 76.7 Å². The maximum Gasteiger partial charge on any atom is 0.355 e. The van der Waals surface area contributed by atoms with Crippen LogP contribution < -0.4 is 0 Å². The second kappa shape index (κ2) is 13.2. The van der Waals surface area contributed by atoms with Gasteiger partial charge in [-0.05, 0) is 68.2 Å². The quantitative estimate of drug-likeness (QED) is 0.318. The molecule has 10 nitrogen and oxygen atoms in total. The third-order valence-corrected chi connectivity index (χ3v) is 10.4. The van der Waals surface area contributed by atoms with Crippen LogP contribution >= 0.6 is 0 Å². The zero-order chi connectivity index (χ0) is 32.6. The lowest BCUT2D eigenvalue weighted by atomic mass is 9.70. The van der Waals surface area contributed by atoms with Crippen LogP contribution in [-0.4, -0.2) is 82.3 Å². The number of H-pyrrole nitrogens is 1. The molecule has 1 aromatic heterocycles. The van der Waals surface area contributed by atoms with Gasteiger partial charge in [-0.2, -0.15) is 0 Å². The maximum absolute atomic E-state index is 14.2. The van der Waals surface area contributed by atoms with E-state index < -0.39 is 47.6 Å². The molecule has 2 unspecified atom stereocenters. The monoisotopic (exact) mass is 637 g/mol. The highest BCUT2D eigenvalue weighted by molar-refractivity contribution is 5.87. The third-order valence-electron chi connectivity index (χ3n) is 10.4. The summed E-state index contributed by atoms with van der Waals surface area (Å²) >= 11 is 0.